The van der Waals surface area contributed by atoms with Gasteiger partial charge in [-0.1, -0.05) is 29.3 Å². The molecule has 2 rings (SSSR count). The number of hydrogen-bond donors (Lipinski definition) is 1. The minimum absolute atomic E-state index is 0.284. The van der Waals surface area contributed by atoms with Crippen molar-refractivity contribution in [3.8, 4) is 0 Å². The summed E-state index contributed by atoms with van der Waals surface area (Å²) in [5, 5.41) is 9.83. The number of carbonyl (C=O) groups excluding carboxylic acids is 1. The molecule has 1 N–H and O–H groups in total. The van der Waals surface area contributed by atoms with Crippen LogP contribution < -0.4 is 0 Å². The molecule has 0 radical (unpaired) electrons. The molecule has 1 fully saturated rings. The zero-order valence-corrected chi connectivity index (χ0v) is 12.8. The van der Waals surface area contributed by atoms with Crippen LogP contribution in [0.15, 0.2) is 24.3 Å². The zero-order chi connectivity index (χ0) is 15.4. The number of benzene rings is 1. The molecule has 1 aromatic carbocycles. The van der Waals surface area contributed by atoms with Gasteiger partial charge in [-0.05, 0) is 42.5 Å². The second kappa shape index (κ2) is 6.96. The molecule has 0 heterocycles. The van der Waals surface area contributed by atoms with Gasteiger partial charge in [0.05, 0.1) is 0 Å². The Morgan fingerprint density at radius 2 is 2.05 bits per heavy atom. The topological polar surface area (TPSA) is 57.6 Å². The van der Waals surface area contributed by atoms with Gasteiger partial charge in [0.2, 0.25) is 5.91 Å². The first-order valence-electron chi connectivity index (χ1n) is 6.59. The number of rotatable bonds is 6. The minimum atomic E-state index is -1.01. The average Bonchev–Trinajstić information content (AvgIpc) is 3.20. The smallest absolute Gasteiger partial charge is 0.323 e. The van der Waals surface area contributed by atoms with E-state index in [4.69, 9.17) is 28.3 Å². The first-order chi connectivity index (χ1) is 9.95. The van der Waals surface area contributed by atoms with E-state index in [9.17, 15) is 9.59 Å². The van der Waals surface area contributed by atoms with E-state index in [0.29, 0.717) is 28.1 Å². The van der Waals surface area contributed by atoms with Crippen molar-refractivity contribution < 1.29 is 14.7 Å². The summed E-state index contributed by atoms with van der Waals surface area (Å²) in [4.78, 5) is 24.3. The summed E-state index contributed by atoms with van der Waals surface area (Å²) in [6.45, 7) is 0.206. The van der Waals surface area contributed by atoms with Gasteiger partial charge in [-0.15, -0.1) is 0 Å². The average molecular weight is 328 g/mol. The van der Waals surface area contributed by atoms with Crippen LogP contribution in [0.25, 0.3) is 6.08 Å². The molecule has 1 saturated carbocycles. The maximum absolute atomic E-state index is 12.1. The molecule has 112 valence electrons. The molecule has 1 aromatic rings. The fraction of sp³-hybridized carbons (Fsp3) is 0.333. The van der Waals surface area contributed by atoms with Gasteiger partial charge in [0.15, 0.2) is 0 Å². The van der Waals surface area contributed by atoms with Gasteiger partial charge in [-0.25, -0.2) is 0 Å². The molecule has 21 heavy (non-hydrogen) atoms. The van der Waals surface area contributed by atoms with E-state index in [0.717, 1.165) is 12.8 Å². The summed E-state index contributed by atoms with van der Waals surface area (Å²) < 4.78 is 0. The molecular formula is C15H15Cl2NO3. The first kappa shape index (κ1) is 15.9. The summed E-state index contributed by atoms with van der Waals surface area (Å²) in [7, 11) is 0. The standard InChI is InChI=1S/C15H15Cl2NO3/c16-12-5-3-11(13(17)7-12)4-6-14(19)18(9-15(20)21)8-10-1-2-10/h3-7,10H,1-2,8-9H2,(H,20,21)/b6-4+. The molecule has 4 nitrogen and oxygen atoms in total. The molecule has 6 heteroatoms. The molecule has 1 amide bonds. The number of carbonyl (C=O) groups is 2. The quantitative estimate of drug-likeness (QED) is 0.815. The van der Waals surface area contributed by atoms with E-state index < -0.39 is 5.97 Å². The van der Waals surface area contributed by atoms with Crippen LogP contribution in [-0.4, -0.2) is 35.0 Å². The van der Waals surface area contributed by atoms with E-state index >= 15 is 0 Å². The lowest BCUT2D eigenvalue weighted by Gasteiger charge is -2.18. The van der Waals surface area contributed by atoms with E-state index in [2.05, 4.69) is 0 Å². The van der Waals surface area contributed by atoms with Crippen molar-refractivity contribution in [2.75, 3.05) is 13.1 Å². The van der Waals surface area contributed by atoms with Gasteiger partial charge in [0.1, 0.15) is 6.54 Å². The first-order valence-corrected chi connectivity index (χ1v) is 7.35. The molecular weight excluding hydrogens is 313 g/mol. The summed E-state index contributed by atoms with van der Waals surface area (Å²) in [5.41, 5.74) is 0.663. The molecule has 0 spiro atoms. The van der Waals surface area contributed by atoms with Crippen molar-refractivity contribution >= 4 is 41.2 Å². The number of amides is 1. The Labute approximate surface area is 133 Å². The monoisotopic (exact) mass is 327 g/mol. The van der Waals surface area contributed by atoms with Gasteiger partial charge in [-0.2, -0.15) is 0 Å². The zero-order valence-electron chi connectivity index (χ0n) is 11.3. The van der Waals surface area contributed by atoms with Crippen molar-refractivity contribution in [3.05, 3.63) is 39.9 Å². The van der Waals surface area contributed by atoms with E-state index in [-0.39, 0.29) is 12.5 Å². The van der Waals surface area contributed by atoms with Crippen LogP contribution in [-0.2, 0) is 9.59 Å². The third-order valence-electron chi connectivity index (χ3n) is 3.18. The van der Waals surface area contributed by atoms with Crippen molar-refractivity contribution in [3.63, 3.8) is 0 Å². The number of carboxylic acids is 1. The third kappa shape index (κ3) is 5.06. The fourth-order valence-electron chi connectivity index (χ4n) is 1.91. The summed E-state index contributed by atoms with van der Waals surface area (Å²) >= 11 is 11.8. The number of halogens is 2. The van der Waals surface area contributed by atoms with E-state index in [1.807, 2.05) is 0 Å². The highest BCUT2D eigenvalue weighted by Gasteiger charge is 2.27. The predicted octanol–water partition coefficient (Wildman–Crippen LogP) is 3.33. The van der Waals surface area contributed by atoms with Gasteiger partial charge in [0, 0.05) is 22.7 Å². The molecule has 1 aliphatic carbocycles. The van der Waals surface area contributed by atoms with Crippen LogP contribution in [0.5, 0.6) is 0 Å². The van der Waals surface area contributed by atoms with Crippen molar-refractivity contribution in [1.82, 2.24) is 4.90 Å². The van der Waals surface area contributed by atoms with Crippen LogP contribution in [0, 0.1) is 5.92 Å². The minimum Gasteiger partial charge on any atom is -0.480 e. The molecule has 0 aromatic heterocycles. The number of aliphatic carboxylic acids is 1. The molecule has 0 atom stereocenters. The Balaban J connectivity index is 2.05. The van der Waals surface area contributed by atoms with Gasteiger partial charge >= 0.3 is 5.97 Å². The Morgan fingerprint density at radius 3 is 2.62 bits per heavy atom. The maximum atomic E-state index is 12.1. The predicted molar refractivity (Wildman–Crippen MR) is 82.4 cm³/mol. The van der Waals surface area contributed by atoms with Gasteiger partial charge in [-0.3, -0.25) is 9.59 Å². The summed E-state index contributed by atoms with van der Waals surface area (Å²) in [6.07, 6.45) is 5.02. The fourth-order valence-corrected chi connectivity index (χ4v) is 2.38. The third-order valence-corrected chi connectivity index (χ3v) is 3.74. The summed E-state index contributed by atoms with van der Waals surface area (Å²) in [6, 6.07) is 4.97. The second-order valence-electron chi connectivity index (χ2n) is 5.06. The van der Waals surface area contributed by atoms with Gasteiger partial charge < -0.3 is 10.0 Å². The Bertz CT molecular complexity index is 582. The molecule has 0 aliphatic heterocycles. The van der Waals surface area contributed by atoms with E-state index in [1.54, 1.807) is 24.3 Å². The van der Waals surface area contributed by atoms with E-state index in [1.165, 1.54) is 11.0 Å². The van der Waals surface area contributed by atoms with Crippen molar-refractivity contribution in [2.24, 2.45) is 5.92 Å². The van der Waals surface area contributed by atoms with Crippen LogP contribution in [0.4, 0.5) is 0 Å². The van der Waals surface area contributed by atoms with Crippen LogP contribution in [0.3, 0.4) is 0 Å². The number of carboxylic acid groups (broad SMARTS) is 1. The number of nitrogens with zero attached hydrogens (tertiary/aromatic N) is 1. The highest BCUT2D eigenvalue weighted by atomic mass is 35.5. The summed E-state index contributed by atoms with van der Waals surface area (Å²) in [5.74, 6) is -0.905. The largest absolute Gasteiger partial charge is 0.480 e. The van der Waals surface area contributed by atoms with Crippen LogP contribution in [0.2, 0.25) is 10.0 Å². The second-order valence-corrected chi connectivity index (χ2v) is 5.90. The Hall–Kier alpha value is -1.52. The van der Waals surface area contributed by atoms with Gasteiger partial charge in [0.25, 0.3) is 0 Å². The highest BCUT2D eigenvalue weighted by Crippen LogP contribution is 2.29. The molecule has 1 aliphatic rings. The SMILES string of the molecule is O=C(O)CN(CC1CC1)C(=O)/C=C/c1ccc(Cl)cc1Cl. The van der Waals surface area contributed by atoms with Crippen molar-refractivity contribution in [1.29, 1.82) is 0 Å². The van der Waals surface area contributed by atoms with Crippen LogP contribution >= 0.6 is 23.2 Å². The maximum Gasteiger partial charge on any atom is 0.323 e. The lowest BCUT2D eigenvalue weighted by atomic mass is 10.2. The Morgan fingerprint density at radius 1 is 1.33 bits per heavy atom. The lowest BCUT2D eigenvalue weighted by molar-refractivity contribution is -0.142. The molecule has 0 saturated heterocycles. The highest BCUT2D eigenvalue weighted by molar-refractivity contribution is 6.35. The molecule has 0 unspecified atom stereocenters. The number of hydrogen-bond acceptors (Lipinski definition) is 2. The molecule has 0 bridgehead atoms. The lowest BCUT2D eigenvalue weighted by Crippen LogP contribution is -2.36. The van der Waals surface area contributed by atoms with Crippen molar-refractivity contribution in [2.45, 2.75) is 12.8 Å². The Kier molecular flexibility index (Phi) is 5.26. The normalized spacial score (nSPS) is 14.4. The van der Waals surface area contributed by atoms with Crippen LogP contribution in [0.1, 0.15) is 18.4 Å².